The largest absolute Gasteiger partial charge is 0.467 e. The molecular formula is C16H17N3O2. The molecule has 21 heavy (non-hydrogen) atoms. The highest BCUT2D eigenvalue weighted by Crippen LogP contribution is 2.28. The van der Waals surface area contributed by atoms with Gasteiger partial charge in [0.25, 0.3) is 0 Å². The lowest BCUT2D eigenvalue weighted by Gasteiger charge is -2.18. The Morgan fingerprint density at radius 3 is 2.81 bits per heavy atom. The van der Waals surface area contributed by atoms with E-state index in [-0.39, 0.29) is 6.04 Å². The van der Waals surface area contributed by atoms with E-state index in [0.717, 1.165) is 29.0 Å². The predicted octanol–water partition coefficient (Wildman–Crippen LogP) is 4.20. The number of rotatable bonds is 5. The molecule has 5 nitrogen and oxygen atoms in total. The van der Waals surface area contributed by atoms with Gasteiger partial charge in [0, 0.05) is 11.3 Å². The molecular weight excluding hydrogens is 266 g/mol. The molecule has 0 amide bonds. The molecule has 0 aliphatic heterocycles. The minimum atomic E-state index is 0.136. The van der Waals surface area contributed by atoms with Crippen molar-refractivity contribution >= 4 is 5.69 Å². The lowest BCUT2D eigenvalue weighted by Crippen LogP contribution is -2.09. The summed E-state index contributed by atoms with van der Waals surface area (Å²) in [7, 11) is 0. The molecule has 1 unspecified atom stereocenters. The Hall–Kier alpha value is -2.56. The minimum absolute atomic E-state index is 0.136. The van der Waals surface area contributed by atoms with Gasteiger partial charge in [-0.25, -0.2) is 0 Å². The van der Waals surface area contributed by atoms with Crippen LogP contribution in [0.15, 0.2) is 51.8 Å². The topological polar surface area (TPSA) is 64.1 Å². The lowest BCUT2D eigenvalue weighted by molar-refractivity contribution is 0.474. The number of furan rings is 1. The van der Waals surface area contributed by atoms with Crippen molar-refractivity contribution in [3.05, 3.63) is 54.3 Å². The molecule has 1 atom stereocenters. The normalized spacial score (nSPS) is 12.3. The summed E-state index contributed by atoms with van der Waals surface area (Å²) in [5, 5.41) is 11.2. The summed E-state index contributed by atoms with van der Waals surface area (Å²) in [6.45, 7) is 4.19. The minimum Gasteiger partial charge on any atom is -0.467 e. The molecule has 2 aromatic heterocycles. The summed E-state index contributed by atoms with van der Waals surface area (Å²) in [4.78, 5) is 0. The monoisotopic (exact) mass is 283 g/mol. The van der Waals surface area contributed by atoms with Crippen LogP contribution in [0.3, 0.4) is 0 Å². The number of hydrogen-bond donors (Lipinski definition) is 1. The van der Waals surface area contributed by atoms with Crippen molar-refractivity contribution < 1.29 is 8.83 Å². The van der Waals surface area contributed by atoms with E-state index in [1.54, 1.807) is 6.26 Å². The van der Waals surface area contributed by atoms with Crippen LogP contribution in [0.5, 0.6) is 0 Å². The van der Waals surface area contributed by atoms with Crippen LogP contribution < -0.4 is 5.32 Å². The SMILES string of the molecule is CCC(Nc1cc(-c2nnco2)ccc1C)c1ccco1. The average Bonchev–Trinajstić information content (AvgIpc) is 3.19. The molecule has 5 heteroatoms. The predicted molar refractivity (Wildman–Crippen MR) is 79.8 cm³/mol. The molecule has 0 saturated carbocycles. The van der Waals surface area contributed by atoms with Crippen LogP contribution in [-0.2, 0) is 0 Å². The number of anilines is 1. The van der Waals surface area contributed by atoms with Gasteiger partial charge in [0.1, 0.15) is 5.76 Å². The Morgan fingerprint density at radius 1 is 1.24 bits per heavy atom. The van der Waals surface area contributed by atoms with E-state index in [2.05, 4.69) is 29.4 Å². The molecule has 3 aromatic rings. The smallest absolute Gasteiger partial charge is 0.247 e. The molecule has 2 heterocycles. The van der Waals surface area contributed by atoms with Crippen molar-refractivity contribution in [3.63, 3.8) is 0 Å². The first-order valence-electron chi connectivity index (χ1n) is 6.95. The Labute approximate surface area is 123 Å². The highest BCUT2D eigenvalue weighted by Gasteiger charge is 2.14. The maximum absolute atomic E-state index is 5.50. The van der Waals surface area contributed by atoms with E-state index in [1.165, 1.54) is 6.39 Å². The van der Waals surface area contributed by atoms with E-state index in [1.807, 2.05) is 30.3 Å². The Balaban J connectivity index is 1.89. The van der Waals surface area contributed by atoms with Gasteiger partial charge >= 0.3 is 0 Å². The fourth-order valence-electron chi connectivity index (χ4n) is 2.26. The van der Waals surface area contributed by atoms with E-state index in [0.29, 0.717) is 5.89 Å². The van der Waals surface area contributed by atoms with Crippen LogP contribution >= 0.6 is 0 Å². The molecule has 0 bridgehead atoms. The van der Waals surface area contributed by atoms with E-state index >= 15 is 0 Å². The zero-order chi connectivity index (χ0) is 14.7. The third-order valence-electron chi connectivity index (χ3n) is 3.47. The molecule has 0 aliphatic rings. The van der Waals surface area contributed by atoms with Gasteiger partial charge in [0.2, 0.25) is 12.3 Å². The molecule has 3 rings (SSSR count). The number of nitrogens with one attached hydrogen (secondary N) is 1. The second-order valence-electron chi connectivity index (χ2n) is 4.89. The summed E-state index contributed by atoms with van der Waals surface area (Å²) < 4.78 is 10.7. The molecule has 0 saturated heterocycles. The first-order chi connectivity index (χ1) is 10.3. The van der Waals surface area contributed by atoms with Gasteiger partial charge in [0.15, 0.2) is 0 Å². The second-order valence-corrected chi connectivity index (χ2v) is 4.89. The zero-order valence-corrected chi connectivity index (χ0v) is 12.0. The number of hydrogen-bond acceptors (Lipinski definition) is 5. The Morgan fingerprint density at radius 2 is 2.14 bits per heavy atom. The highest BCUT2D eigenvalue weighted by atomic mass is 16.4. The molecule has 108 valence electrons. The summed E-state index contributed by atoms with van der Waals surface area (Å²) in [6.07, 6.45) is 3.96. The fourth-order valence-corrected chi connectivity index (χ4v) is 2.26. The van der Waals surface area contributed by atoms with Gasteiger partial charge in [0.05, 0.1) is 12.3 Å². The van der Waals surface area contributed by atoms with Crippen LogP contribution in [0.25, 0.3) is 11.5 Å². The van der Waals surface area contributed by atoms with Crippen LogP contribution in [0.4, 0.5) is 5.69 Å². The van der Waals surface area contributed by atoms with Crippen molar-refractivity contribution in [3.8, 4) is 11.5 Å². The quantitative estimate of drug-likeness (QED) is 0.760. The third kappa shape index (κ3) is 2.81. The maximum Gasteiger partial charge on any atom is 0.247 e. The van der Waals surface area contributed by atoms with Gasteiger partial charge in [-0.2, -0.15) is 0 Å². The Kier molecular flexibility index (Phi) is 3.73. The van der Waals surface area contributed by atoms with Gasteiger partial charge < -0.3 is 14.2 Å². The molecule has 0 fully saturated rings. The molecule has 1 N–H and O–H groups in total. The van der Waals surface area contributed by atoms with E-state index in [4.69, 9.17) is 8.83 Å². The second kappa shape index (κ2) is 5.83. The number of benzene rings is 1. The van der Waals surface area contributed by atoms with Gasteiger partial charge in [-0.05, 0) is 43.2 Å². The van der Waals surface area contributed by atoms with E-state index in [9.17, 15) is 0 Å². The molecule has 1 aromatic carbocycles. The average molecular weight is 283 g/mol. The number of aryl methyl sites for hydroxylation is 1. The summed E-state index contributed by atoms with van der Waals surface area (Å²) in [5.74, 6) is 1.45. The highest BCUT2D eigenvalue weighted by molar-refractivity contribution is 5.64. The fraction of sp³-hybridized carbons (Fsp3) is 0.250. The summed E-state index contributed by atoms with van der Waals surface area (Å²) >= 11 is 0. The van der Waals surface area contributed by atoms with Gasteiger partial charge in [-0.15, -0.1) is 10.2 Å². The Bertz CT molecular complexity index is 690. The molecule has 0 aliphatic carbocycles. The first kappa shape index (κ1) is 13.4. The van der Waals surface area contributed by atoms with Crippen LogP contribution in [0.2, 0.25) is 0 Å². The van der Waals surface area contributed by atoms with Crippen molar-refractivity contribution in [2.75, 3.05) is 5.32 Å². The van der Waals surface area contributed by atoms with Crippen LogP contribution in [0, 0.1) is 6.92 Å². The first-order valence-corrected chi connectivity index (χ1v) is 6.95. The van der Waals surface area contributed by atoms with Crippen LogP contribution in [0.1, 0.15) is 30.7 Å². The van der Waals surface area contributed by atoms with Crippen LogP contribution in [-0.4, -0.2) is 10.2 Å². The van der Waals surface area contributed by atoms with Gasteiger partial charge in [-0.1, -0.05) is 13.0 Å². The zero-order valence-electron chi connectivity index (χ0n) is 12.0. The van der Waals surface area contributed by atoms with Crippen molar-refractivity contribution in [1.82, 2.24) is 10.2 Å². The summed E-state index contributed by atoms with van der Waals surface area (Å²) in [6, 6.07) is 10.1. The number of nitrogens with zero attached hydrogens (tertiary/aromatic N) is 2. The standard InChI is InChI=1S/C16H17N3O2/c1-3-13(15-5-4-8-20-15)18-14-9-12(7-6-11(14)2)16-19-17-10-21-16/h4-10,13,18H,3H2,1-2H3. The lowest BCUT2D eigenvalue weighted by atomic mass is 10.1. The summed E-state index contributed by atoms with van der Waals surface area (Å²) in [5.41, 5.74) is 3.09. The molecule has 0 radical (unpaired) electrons. The van der Waals surface area contributed by atoms with E-state index < -0.39 is 0 Å². The number of aromatic nitrogens is 2. The maximum atomic E-state index is 5.50. The van der Waals surface area contributed by atoms with Crippen molar-refractivity contribution in [1.29, 1.82) is 0 Å². The third-order valence-corrected chi connectivity index (χ3v) is 3.47. The van der Waals surface area contributed by atoms with Crippen molar-refractivity contribution in [2.24, 2.45) is 0 Å². The molecule has 0 spiro atoms. The van der Waals surface area contributed by atoms with Crippen molar-refractivity contribution in [2.45, 2.75) is 26.3 Å². The van der Waals surface area contributed by atoms with Gasteiger partial charge in [-0.3, -0.25) is 0 Å².